The van der Waals surface area contributed by atoms with Gasteiger partial charge in [-0.2, -0.15) is 13.2 Å². The number of ether oxygens (including phenoxy) is 1. The molecule has 2 aromatic heterocycles. The number of anilines is 3. The maximum absolute atomic E-state index is 13.8. The van der Waals surface area contributed by atoms with Crippen molar-refractivity contribution >= 4 is 61.8 Å². The first-order valence-corrected chi connectivity index (χ1v) is 14.0. The minimum absolute atomic E-state index is 0.139. The average molecular weight is 575 g/mol. The standard InChI is InChI=1S/C25H21F3N6O3S2/c1-29-22(35)20-12-15(6-8-30-20)37-14-3-5-18-19(11-14)34-24(33-18)31-13-2-4-17(16(10-13)25(26,27)28)32-23(36)21-7-9-38-39-21/h2-6,8,10-12,21H,7,9H2,1H3,(H,29,35)(H,32,36)(H2,31,33,34). The first kappa shape index (κ1) is 26.7. The van der Waals surface area contributed by atoms with Crippen molar-refractivity contribution in [1.82, 2.24) is 20.3 Å². The van der Waals surface area contributed by atoms with E-state index in [1.54, 1.807) is 24.3 Å². The van der Waals surface area contributed by atoms with E-state index in [1.165, 1.54) is 53.0 Å². The van der Waals surface area contributed by atoms with Gasteiger partial charge >= 0.3 is 6.18 Å². The number of aromatic nitrogens is 3. The molecule has 0 aliphatic carbocycles. The molecule has 4 N–H and O–H groups in total. The Balaban J connectivity index is 1.34. The van der Waals surface area contributed by atoms with Crippen LogP contribution in [0.15, 0.2) is 54.7 Å². The Morgan fingerprint density at radius 2 is 1.92 bits per heavy atom. The van der Waals surface area contributed by atoms with Gasteiger partial charge in [-0.3, -0.25) is 14.6 Å². The molecule has 9 nitrogen and oxygen atoms in total. The third-order valence-corrected chi connectivity index (χ3v) is 8.49. The predicted octanol–water partition coefficient (Wildman–Crippen LogP) is 5.96. The van der Waals surface area contributed by atoms with Crippen molar-refractivity contribution < 1.29 is 27.5 Å². The van der Waals surface area contributed by atoms with E-state index < -0.39 is 17.6 Å². The smallest absolute Gasteiger partial charge is 0.418 e. The summed E-state index contributed by atoms with van der Waals surface area (Å²) in [5.41, 5.74) is 0.207. The zero-order valence-electron chi connectivity index (χ0n) is 20.3. The maximum Gasteiger partial charge on any atom is 0.418 e. The van der Waals surface area contributed by atoms with Gasteiger partial charge in [-0.05, 0) is 42.8 Å². The number of imidazole rings is 1. The van der Waals surface area contributed by atoms with Gasteiger partial charge in [-0.1, -0.05) is 21.6 Å². The molecule has 202 valence electrons. The number of halogens is 3. The minimum Gasteiger partial charge on any atom is -0.457 e. The third-order valence-electron chi connectivity index (χ3n) is 5.67. The zero-order valence-corrected chi connectivity index (χ0v) is 21.9. The van der Waals surface area contributed by atoms with Crippen molar-refractivity contribution in [2.45, 2.75) is 17.8 Å². The quantitative estimate of drug-likeness (QED) is 0.200. The minimum atomic E-state index is -4.68. The molecule has 3 heterocycles. The third kappa shape index (κ3) is 6.23. The van der Waals surface area contributed by atoms with E-state index in [9.17, 15) is 22.8 Å². The molecular weight excluding hydrogens is 553 g/mol. The van der Waals surface area contributed by atoms with Crippen LogP contribution in [0.2, 0.25) is 0 Å². The first-order chi connectivity index (χ1) is 18.7. The Bertz CT molecular complexity index is 1540. The number of benzene rings is 2. The topological polar surface area (TPSA) is 121 Å². The number of pyridine rings is 1. The lowest BCUT2D eigenvalue weighted by molar-refractivity contribution is -0.136. The van der Waals surface area contributed by atoms with Gasteiger partial charge in [-0.25, -0.2) is 4.98 Å². The summed E-state index contributed by atoms with van der Waals surface area (Å²) in [6, 6.07) is 11.7. The van der Waals surface area contributed by atoms with Gasteiger partial charge in [0.05, 0.1) is 27.5 Å². The van der Waals surface area contributed by atoms with E-state index in [-0.39, 0.29) is 34.2 Å². The second-order valence-corrected chi connectivity index (χ2v) is 11.1. The van der Waals surface area contributed by atoms with Gasteiger partial charge in [0.25, 0.3) is 5.91 Å². The van der Waals surface area contributed by atoms with Gasteiger partial charge in [-0.15, -0.1) is 0 Å². The molecular formula is C25H21F3N6O3S2. The number of amides is 2. The molecule has 1 fully saturated rings. The molecule has 1 aliphatic rings. The van der Waals surface area contributed by atoms with Crippen LogP contribution in [-0.4, -0.2) is 44.8 Å². The number of nitrogens with one attached hydrogen (secondary N) is 4. The number of hydrogen-bond acceptors (Lipinski definition) is 8. The normalized spacial score (nSPS) is 15.2. The van der Waals surface area contributed by atoms with Gasteiger partial charge in [0.2, 0.25) is 11.9 Å². The lowest BCUT2D eigenvalue weighted by atomic mass is 10.1. The van der Waals surface area contributed by atoms with Gasteiger partial charge in [0.1, 0.15) is 17.2 Å². The fourth-order valence-electron chi connectivity index (χ4n) is 3.80. The summed E-state index contributed by atoms with van der Waals surface area (Å²) in [6.45, 7) is 0. The van der Waals surface area contributed by atoms with E-state index in [1.807, 2.05) is 0 Å². The number of aromatic amines is 1. The highest BCUT2D eigenvalue weighted by Crippen LogP contribution is 2.40. The van der Waals surface area contributed by atoms with Crippen LogP contribution in [0.1, 0.15) is 22.5 Å². The van der Waals surface area contributed by atoms with E-state index in [0.717, 1.165) is 11.8 Å². The molecule has 0 bridgehead atoms. The molecule has 39 heavy (non-hydrogen) atoms. The Morgan fingerprint density at radius 3 is 2.67 bits per heavy atom. The van der Waals surface area contributed by atoms with Crippen molar-refractivity contribution in [3.63, 3.8) is 0 Å². The van der Waals surface area contributed by atoms with E-state index in [4.69, 9.17) is 4.74 Å². The highest BCUT2D eigenvalue weighted by molar-refractivity contribution is 8.77. The molecule has 0 radical (unpaired) electrons. The number of H-pyrrole nitrogens is 1. The summed E-state index contributed by atoms with van der Waals surface area (Å²) < 4.78 is 47.3. The van der Waals surface area contributed by atoms with Crippen LogP contribution in [-0.2, 0) is 11.0 Å². The van der Waals surface area contributed by atoms with Crippen LogP contribution in [0.4, 0.5) is 30.5 Å². The summed E-state index contributed by atoms with van der Waals surface area (Å²) in [7, 11) is 4.39. The number of carbonyl (C=O) groups excluding carboxylic acids is 2. The number of hydrogen-bond donors (Lipinski definition) is 4. The number of alkyl halides is 3. The average Bonchev–Trinajstić information content (AvgIpc) is 3.58. The second kappa shape index (κ2) is 11.1. The number of carbonyl (C=O) groups is 2. The molecule has 1 unspecified atom stereocenters. The van der Waals surface area contributed by atoms with Crippen LogP contribution in [0.5, 0.6) is 11.5 Å². The lowest BCUT2D eigenvalue weighted by Crippen LogP contribution is -2.24. The Kier molecular flexibility index (Phi) is 7.57. The Hall–Kier alpha value is -3.91. The molecule has 2 amide bonds. The number of nitrogens with zero attached hydrogens (tertiary/aromatic N) is 2. The summed E-state index contributed by atoms with van der Waals surface area (Å²) in [4.78, 5) is 35.6. The van der Waals surface area contributed by atoms with Crippen LogP contribution >= 0.6 is 21.6 Å². The monoisotopic (exact) mass is 574 g/mol. The van der Waals surface area contributed by atoms with Crippen molar-refractivity contribution in [1.29, 1.82) is 0 Å². The van der Waals surface area contributed by atoms with Crippen molar-refractivity contribution in [3.05, 3.63) is 66.0 Å². The Morgan fingerprint density at radius 1 is 1.10 bits per heavy atom. The van der Waals surface area contributed by atoms with Gasteiger partial charge < -0.3 is 25.7 Å². The molecule has 2 aromatic carbocycles. The molecule has 14 heteroatoms. The molecule has 0 spiro atoms. The van der Waals surface area contributed by atoms with E-state index in [2.05, 4.69) is 30.9 Å². The summed E-state index contributed by atoms with van der Waals surface area (Å²) in [5.74, 6) is 1.06. The Labute approximate surface area is 228 Å². The maximum atomic E-state index is 13.8. The highest BCUT2D eigenvalue weighted by Gasteiger charge is 2.35. The predicted molar refractivity (Wildman–Crippen MR) is 146 cm³/mol. The van der Waals surface area contributed by atoms with Crippen LogP contribution in [0.3, 0.4) is 0 Å². The SMILES string of the molecule is CNC(=O)c1cc(Oc2ccc3nc(Nc4ccc(NC(=O)C5CCSS5)c(C(F)(F)F)c4)[nH]c3c2)ccn1. The summed E-state index contributed by atoms with van der Waals surface area (Å²) in [6.07, 6.45) is -2.61. The molecule has 1 atom stereocenters. The molecule has 4 aromatic rings. The number of rotatable bonds is 7. The van der Waals surface area contributed by atoms with Crippen molar-refractivity contribution in [2.24, 2.45) is 0 Å². The summed E-state index contributed by atoms with van der Waals surface area (Å²) >= 11 is 0. The first-order valence-electron chi connectivity index (χ1n) is 11.6. The number of fused-ring (bicyclic) bond motifs is 1. The molecule has 1 saturated heterocycles. The highest BCUT2D eigenvalue weighted by atomic mass is 33.1. The second-order valence-electron chi connectivity index (χ2n) is 8.39. The van der Waals surface area contributed by atoms with Gasteiger partial charge in [0, 0.05) is 36.8 Å². The van der Waals surface area contributed by atoms with Gasteiger partial charge in [0.15, 0.2) is 0 Å². The zero-order chi connectivity index (χ0) is 27.6. The van der Waals surface area contributed by atoms with Crippen LogP contribution < -0.4 is 20.7 Å². The molecule has 5 rings (SSSR count). The van der Waals surface area contributed by atoms with Crippen LogP contribution in [0, 0.1) is 0 Å². The molecule has 1 aliphatic heterocycles. The lowest BCUT2D eigenvalue weighted by Gasteiger charge is -2.17. The summed E-state index contributed by atoms with van der Waals surface area (Å²) in [5, 5.41) is 7.40. The fraction of sp³-hybridized carbons (Fsp3) is 0.200. The largest absolute Gasteiger partial charge is 0.457 e. The molecule has 0 saturated carbocycles. The van der Waals surface area contributed by atoms with Crippen LogP contribution in [0.25, 0.3) is 11.0 Å². The van der Waals surface area contributed by atoms with Crippen molar-refractivity contribution in [3.8, 4) is 11.5 Å². The van der Waals surface area contributed by atoms with E-state index in [0.29, 0.717) is 29.0 Å². The fourth-order valence-corrected chi connectivity index (χ4v) is 6.52. The van der Waals surface area contributed by atoms with E-state index >= 15 is 0 Å². The van der Waals surface area contributed by atoms with Crippen molar-refractivity contribution in [2.75, 3.05) is 23.4 Å².